The van der Waals surface area contributed by atoms with Gasteiger partial charge in [-0.25, -0.2) is 9.37 Å². The van der Waals surface area contributed by atoms with Gasteiger partial charge in [0.15, 0.2) is 5.75 Å². The van der Waals surface area contributed by atoms with E-state index in [2.05, 4.69) is 11.6 Å². The van der Waals surface area contributed by atoms with Crippen LogP contribution in [0.15, 0.2) is 30.9 Å². The Labute approximate surface area is 218 Å². The highest BCUT2D eigenvalue weighted by Gasteiger charge is 2.54. The van der Waals surface area contributed by atoms with Crippen LogP contribution < -0.4 is 9.47 Å². The van der Waals surface area contributed by atoms with Gasteiger partial charge in [0.25, 0.3) is 5.91 Å². The van der Waals surface area contributed by atoms with Gasteiger partial charge in [0.2, 0.25) is 11.8 Å². The van der Waals surface area contributed by atoms with Crippen molar-refractivity contribution in [2.24, 2.45) is 5.41 Å². The van der Waals surface area contributed by atoms with Gasteiger partial charge in [-0.05, 0) is 50.3 Å². The number of piperazine rings is 1. The van der Waals surface area contributed by atoms with Gasteiger partial charge in [0, 0.05) is 25.0 Å². The Morgan fingerprint density at radius 2 is 2.11 bits per heavy atom. The molecule has 2 aliphatic carbocycles. The number of ether oxygens (including phenoxy) is 2. The van der Waals surface area contributed by atoms with Gasteiger partial charge in [-0.1, -0.05) is 24.2 Å². The molecule has 1 aromatic heterocycles. The van der Waals surface area contributed by atoms with Crippen molar-refractivity contribution in [1.29, 1.82) is 0 Å². The number of carbonyl (C=O) groups excluding carboxylic acids is 2. The Balaban J connectivity index is 1.46. The lowest BCUT2D eigenvalue weighted by atomic mass is 10.0. The molecule has 194 valence electrons. The minimum Gasteiger partial charge on any atom is -0.507 e. The van der Waals surface area contributed by atoms with Crippen LogP contribution >= 0.6 is 11.6 Å². The summed E-state index contributed by atoms with van der Waals surface area (Å²) in [5, 5.41) is 10.4. The van der Waals surface area contributed by atoms with Crippen LogP contribution in [0.2, 0.25) is 5.02 Å². The molecule has 0 radical (unpaired) electrons. The molecule has 2 aromatic rings. The zero-order valence-electron chi connectivity index (χ0n) is 20.2. The molecule has 1 saturated heterocycles. The monoisotopic (exact) mass is 527 g/mol. The van der Waals surface area contributed by atoms with Crippen molar-refractivity contribution in [2.75, 3.05) is 26.2 Å². The third kappa shape index (κ3) is 3.91. The van der Waals surface area contributed by atoms with Gasteiger partial charge in [0.05, 0.1) is 11.6 Å². The summed E-state index contributed by atoms with van der Waals surface area (Å²) in [6.45, 7) is 4.55. The summed E-state index contributed by atoms with van der Waals surface area (Å²) in [5.74, 6) is -1.55. The number of fused-ring (bicyclic) bond motifs is 2. The quantitative estimate of drug-likeness (QED) is 0.599. The summed E-state index contributed by atoms with van der Waals surface area (Å²) in [5.41, 5.74) is -0.0562. The van der Waals surface area contributed by atoms with Crippen LogP contribution in [0, 0.1) is 11.2 Å². The maximum absolute atomic E-state index is 14.9. The molecule has 1 spiro atoms. The van der Waals surface area contributed by atoms with Gasteiger partial charge in [-0.3, -0.25) is 9.59 Å². The van der Waals surface area contributed by atoms with E-state index in [-0.39, 0.29) is 75.7 Å². The molecule has 4 aliphatic rings. The van der Waals surface area contributed by atoms with E-state index in [1.807, 2.05) is 0 Å². The molecular weight excluding hydrogens is 501 g/mol. The molecular formula is C27H27ClFN3O5. The molecule has 1 aromatic carbocycles. The number of aromatic hydroxyl groups is 1. The van der Waals surface area contributed by atoms with Crippen molar-refractivity contribution in [3.8, 4) is 28.6 Å². The second-order valence-corrected chi connectivity index (χ2v) is 10.6. The smallest absolute Gasteiger partial charge is 0.263 e. The second-order valence-electron chi connectivity index (χ2n) is 10.2. The van der Waals surface area contributed by atoms with E-state index in [4.69, 9.17) is 21.1 Å². The first kappa shape index (κ1) is 24.0. The molecule has 1 unspecified atom stereocenters. The molecule has 6 rings (SSSR count). The molecule has 10 heteroatoms. The minimum atomic E-state index is -0.712. The largest absolute Gasteiger partial charge is 0.507 e. The Morgan fingerprint density at radius 1 is 1.30 bits per heavy atom. The molecule has 2 amide bonds. The Morgan fingerprint density at radius 3 is 2.84 bits per heavy atom. The molecule has 3 heterocycles. The number of benzene rings is 1. The van der Waals surface area contributed by atoms with Crippen LogP contribution in [-0.2, 0) is 4.79 Å². The van der Waals surface area contributed by atoms with E-state index < -0.39 is 11.9 Å². The second kappa shape index (κ2) is 8.90. The van der Waals surface area contributed by atoms with E-state index >= 15 is 0 Å². The highest BCUT2D eigenvalue weighted by Crippen LogP contribution is 2.59. The van der Waals surface area contributed by atoms with Crippen LogP contribution in [0.5, 0.6) is 17.4 Å². The first-order valence-electron chi connectivity index (χ1n) is 12.6. The molecule has 2 atom stereocenters. The SMILES string of the molecule is C=CC(=O)N1CCN2C(=O)c3c(OC4CCCC45CC5)nc(-c4c(O)cccc4F)c(Cl)c3OC[C@H]2C1. The Bertz CT molecular complexity index is 1290. The van der Waals surface area contributed by atoms with E-state index in [9.17, 15) is 19.1 Å². The van der Waals surface area contributed by atoms with E-state index in [1.165, 1.54) is 24.3 Å². The molecule has 0 bridgehead atoms. The predicted octanol–water partition coefficient (Wildman–Crippen LogP) is 4.19. The number of phenolic OH excluding ortho intramolecular Hbond substituents is 1. The fourth-order valence-electron chi connectivity index (χ4n) is 5.92. The zero-order chi connectivity index (χ0) is 25.9. The van der Waals surface area contributed by atoms with Gasteiger partial charge >= 0.3 is 0 Å². The summed E-state index contributed by atoms with van der Waals surface area (Å²) in [6, 6.07) is 3.50. The lowest BCUT2D eigenvalue weighted by Gasteiger charge is -2.39. The average Bonchev–Trinajstić information content (AvgIpc) is 3.60. The van der Waals surface area contributed by atoms with Crippen LogP contribution in [-0.4, -0.2) is 70.1 Å². The van der Waals surface area contributed by atoms with Gasteiger partial charge in [-0.15, -0.1) is 0 Å². The van der Waals surface area contributed by atoms with Gasteiger partial charge < -0.3 is 24.4 Å². The number of hydrogen-bond acceptors (Lipinski definition) is 6. The molecule has 37 heavy (non-hydrogen) atoms. The number of hydrogen-bond donors (Lipinski definition) is 1. The topological polar surface area (TPSA) is 92.2 Å². The first-order chi connectivity index (χ1) is 17.8. The highest BCUT2D eigenvalue weighted by molar-refractivity contribution is 6.35. The maximum Gasteiger partial charge on any atom is 0.263 e. The third-order valence-electron chi connectivity index (χ3n) is 8.12. The van der Waals surface area contributed by atoms with Crippen molar-refractivity contribution in [3.05, 3.63) is 47.3 Å². The summed E-state index contributed by atoms with van der Waals surface area (Å²) >= 11 is 6.73. The average molecular weight is 528 g/mol. The Kier molecular flexibility index (Phi) is 5.78. The van der Waals surface area contributed by atoms with Gasteiger partial charge in [0.1, 0.15) is 40.6 Å². The number of pyridine rings is 1. The maximum atomic E-state index is 14.9. The van der Waals surface area contributed by atoms with Crippen molar-refractivity contribution < 1.29 is 28.6 Å². The standard InChI is InChI=1S/C27H27ClFN3O5/c1-2-19(34)31-11-12-32-15(13-31)14-36-24-21(26(32)35)25(37-18-7-4-8-27(18)9-10-27)30-23(22(24)28)20-16(29)5-3-6-17(20)33/h2-3,5-6,15,18,33H,1,4,7-14H2/t15-,18?/m1/s1. The van der Waals surface area contributed by atoms with Crippen molar-refractivity contribution in [2.45, 2.75) is 44.2 Å². The van der Waals surface area contributed by atoms with E-state index in [1.54, 1.807) is 9.80 Å². The lowest BCUT2D eigenvalue weighted by molar-refractivity contribution is -0.128. The number of carbonyl (C=O) groups is 2. The highest BCUT2D eigenvalue weighted by atomic mass is 35.5. The first-order valence-corrected chi connectivity index (χ1v) is 12.9. The van der Waals surface area contributed by atoms with Crippen molar-refractivity contribution >= 4 is 23.4 Å². The normalized spacial score (nSPS) is 23.7. The number of aromatic nitrogens is 1. The summed E-state index contributed by atoms with van der Waals surface area (Å²) in [6.07, 6.45) is 6.15. The number of rotatable bonds is 4. The molecule has 1 N–H and O–H groups in total. The minimum absolute atomic E-state index is 0.0328. The molecule has 2 aliphatic heterocycles. The van der Waals surface area contributed by atoms with Crippen molar-refractivity contribution in [1.82, 2.24) is 14.8 Å². The van der Waals surface area contributed by atoms with E-state index in [0.717, 1.165) is 32.1 Å². The van der Waals surface area contributed by atoms with Crippen molar-refractivity contribution in [3.63, 3.8) is 0 Å². The number of amides is 2. The number of nitrogens with zero attached hydrogens (tertiary/aromatic N) is 3. The van der Waals surface area contributed by atoms with Crippen LogP contribution in [0.3, 0.4) is 0 Å². The third-order valence-corrected chi connectivity index (χ3v) is 8.47. The number of phenols is 1. The van der Waals surface area contributed by atoms with E-state index in [0.29, 0.717) is 13.1 Å². The van der Waals surface area contributed by atoms with Gasteiger partial charge in [-0.2, -0.15) is 0 Å². The van der Waals surface area contributed by atoms with Crippen LogP contribution in [0.1, 0.15) is 42.5 Å². The fourth-order valence-corrected chi connectivity index (χ4v) is 6.20. The number of halogens is 2. The zero-order valence-corrected chi connectivity index (χ0v) is 21.0. The summed E-state index contributed by atoms with van der Waals surface area (Å²) < 4.78 is 27.5. The van der Waals surface area contributed by atoms with Crippen LogP contribution in [0.25, 0.3) is 11.3 Å². The fraction of sp³-hybridized carbons (Fsp3) is 0.444. The molecule has 3 fully saturated rings. The predicted molar refractivity (Wildman–Crippen MR) is 133 cm³/mol. The Hall–Kier alpha value is -3.33. The summed E-state index contributed by atoms with van der Waals surface area (Å²) in [7, 11) is 0. The molecule has 8 nitrogen and oxygen atoms in total. The summed E-state index contributed by atoms with van der Waals surface area (Å²) in [4.78, 5) is 34.0. The van der Waals surface area contributed by atoms with Crippen LogP contribution in [0.4, 0.5) is 4.39 Å². The molecule has 2 saturated carbocycles. The lowest BCUT2D eigenvalue weighted by Crippen LogP contribution is -2.57.